The van der Waals surface area contributed by atoms with Gasteiger partial charge in [0.2, 0.25) is 5.91 Å². The van der Waals surface area contributed by atoms with Crippen LogP contribution in [0.1, 0.15) is 31.6 Å². The summed E-state index contributed by atoms with van der Waals surface area (Å²) >= 11 is 0. The molecule has 0 saturated carbocycles. The Morgan fingerprint density at radius 1 is 1.56 bits per heavy atom. The van der Waals surface area contributed by atoms with Gasteiger partial charge >= 0.3 is 0 Å². The summed E-state index contributed by atoms with van der Waals surface area (Å²) in [6, 6.07) is 2.82. The summed E-state index contributed by atoms with van der Waals surface area (Å²) in [5, 5.41) is 12.1. The first kappa shape index (κ1) is 14.7. The molecule has 5 heteroatoms. The minimum atomic E-state index is -0.480. The first-order valence-corrected chi connectivity index (χ1v) is 6.21. The van der Waals surface area contributed by atoms with Crippen molar-refractivity contribution in [2.75, 3.05) is 20.7 Å². The summed E-state index contributed by atoms with van der Waals surface area (Å²) in [6.45, 7) is 1.87. The number of rotatable bonds is 7. The van der Waals surface area contributed by atoms with Crippen molar-refractivity contribution >= 4 is 5.91 Å². The van der Waals surface area contributed by atoms with Crippen molar-refractivity contribution < 1.29 is 14.3 Å². The summed E-state index contributed by atoms with van der Waals surface area (Å²) in [5.74, 6) is 0.483. The van der Waals surface area contributed by atoms with Gasteiger partial charge in [0.1, 0.15) is 11.8 Å². The van der Waals surface area contributed by atoms with E-state index in [0.29, 0.717) is 5.76 Å². The number of aliphatic hydroxyl groups is 1. The molecule has 2 N–H and O–H groups in total. The number of likely N-dealkylation sites (N-methyl/N-ethyl adjacent to an activating group) is 1. The highest BCUT2D eigenvalue weighted by Gasteiger charge is 2.23. The Morgan fingerprint density at radius 3 is 2.72 bits per heavy atom. The number of amides is 1. The van der Waals surface area contributed by atoms with Gasteiger partial charge in [-0.2, -0.15) is 0 Å². The van der Waals surface area contributed by atoms with Crippen molar-refractivity contribution in [3.8, 4) is 0 Å². The maximum atomic E-state index is 12.1. The van der Waals surface area contributed by atoms with Crippen LogP contribution >= 0.6 is 0 Å². The van der Waals surface area contributed by atoms with Crippen LogP contribution in [0.15, 0.2) is 22.8 Å². The molecule has 0 aromatic carbocycles. The van der Waals surface area contributed by atoms with Gasteiger partial charge in [-0.15, -0.1) is 0 Å². The molecule has 0 aliphatic heterocycles. The molecular formula is C13H22N2O3. The highest BCUT2D eigenvalue weighted by molar-refractivity contribution is 5.82. The molecular weight excluding hydrogens is 232 g/mol. The molecule has 1 heterocycles. The zero-order chi connectivity index (χ0) is 13.5. The molecule has 2 atom stereocenters. The molecule has 1 rings (SSSR count). The van der Waals surface area contributed by atoms with Crippen LogP contribution in [-0.4, -0.2) is 42.7 Å². The van der Waals surface area contributed by atoms with E-state index in [2.05, 4.69) is 5.32 Å². The van der Waals surface area contributed by atoms with E-state index in [4.69, 9.17) is 4.42 Å². The van der Waals surface area contributed by atoms with Gasteiger partial charge in [0.15, 0.2) is 0 Å². The predicted octanol–water partition coefficient (Wildman–Crippen LogP) is 1.16. The normalized spacial score (nSPS) is 14.5. The molecule has 102 valence electrons. The van der Waals surface area contributed by atoms with Crippen LogP contribution in [0.25, 0.3) is 0 Å². The van der Waals surface area contributed by atoms with Crippen LogP contribution < -0.4 is 5.32 Å². The van der Waals surface area contributed by atoms with Crippen molar-refractivity contribution in [2.24, 2.45) is 0 Å². The zero-order valence-corrected chi connectivity index (χ0v) is 11.2. The van der Waals surface area contributed by atoms with E-state index < -0.39 is 6.04 Å². The second-order valence-electron chi connectivity index (χ2n) is 4.53. The third-order valence-electron chi connectivity index (χ3n) is 2.87. The van der Waals surface area contributed by atoms with Gasteiger partial charge in [0.05, 0.1) is 18.9 Å². The third-order valence-corrected chi connectivity index (χ3v) is 2.87. The average molecular weight is 254 g/mol. The lowest BCUT2D eigenvalue weighted by Gasteiger charge is -2.25. The van der Waals surface area contributed by atoms with Crippen LogP contribution in [0.4, 0.5) is 0 Å². The van der Waals surface area contributed by atoms with Crippen LogP contribution in [-0.2, 0) is 4.79 Å². The molecule has 0 aliphatic rings. The Labute approximate surface area is 108 Å². The van der Waals surface area contributed by atoms with Gasteiger partial charge in [0.25, 0.3) is 0 Å². The van der Waals surface area contributed by atoms with E-state index >= 15 is 0 Å². The van der Waals surface area contributed by atoms with Crippen molar-refractivity contribution in [2.45, 2.75) is 31.8 Å². The number of carbonyl (C=O) groups is 1. The molecule has 1 aromatic rings. The van der Waals surface area contributed by atoms with Gasteiger partial charge < -0.3 is 14.8 Å². The minimum Gasteiger partial charge on any atom is -0.467 e. The van der Waals surface area contributed by atoms with Gasteiger partial charge in [-0.25, -0.2) is 0 Å². The molecule has 0 fully saturated rings. The fourth-order valence-electron chi connectivity index (χ4n) is 1.86. The van der Waals surface area contributed by atoms with Crippen LogP contribution in [0.3, 0.4) is 0 Å². The van der Waals surface area contributed by atoms with Crippen molar-refractivity contribution in [3.05, 3.63) is 24.2 Å². The summed E-state index contributed by atoms with van der Waals surface area (Å²) in [5.41, 5.74) is 0. The fourth-order valence-corrected chi connectivity index (χ4v) is 1.86. The summed E-state index contributed by atoms with van der Waals surface area (Å²) < 4.78 is 5.20. The number of nitrogens with one attached hydrogen (secondary N) is 1. The first-order valence-electron chi connectivity index (χ1n) is 6.21. The lowest BCUT2D eigenvalue weighted by molar-refractivity contribution is -0.127. The van der Waals surface area contributed by atoms with E-state index in [1.165, 1.54) is 6.26 Å². The molecule has 1 amide bonds. The van der Waals surface area contributed by atoms with Crippen molar-refractivity contribution in [1.82, 2.24) is 10.2 Å². The molecule has 18 heavy (non-hydrogen) atoms. The molecule has 0 radical (unpaired) electrons. The number of hydrogen-bond donors (Lipinski definition) is 2. The average Bonchev–Trinajstić information content (AvgIpc) is 2.85. The molecule has 5 nitrogen and oxygen atoms in total. The largest absolute Gasteiger partial charge is 0.467 e. The minimum absolute atomic E-state index is 0.0858. The number of furan rings is 1. The molecule has 1 aromatic heterocycles. The summed E-state index contributed by atoms with van der Waals surface area (Å²) in [6.07, 6.45) is 3.25. The SMILES string of the molecule is CCCC(C(=O)NC(CO)c1ccco1)N(C)C. The Balaban J connectivity index is 2.66. The number of nitrogens with zero attached hydrogens (tertiary/aromatic N) is 1. The van der Waals surface area contributed by atoms with Crippen molar-refractivity contribution in [3.63, 3.8) is 0 Å². The smallest absolute Gasteiger partial charge is 0.238 e. The molecule has 0 saturated heterocycles. The quantitative estimate of drug-likeness (QED) is 0.766. The van der Waals surface area contributed by atoms with Gasteiger partial charge in [-0.05, 0) is 32.6 Å². The maximum absolute atomic E-state index is 12.1. The van der Waals surface area contributed by atoms with Gasteiger partial charge in [-0.3, -0.25) is 9.69 Å². The second kappa shape index (κ2) is 7.18. The maximum Gasteiger partial charge on any atom is 0.238 e. The first-order chi connectivity index (χ1) is 8.60. The zero-order valence-electron chi connectivity index (χ0n) is 11.2. The second-order valence-corrected chi connectivity index (χ2v) is 4.53. The number of hydrogen-bond acceptors (Lipinski definition) is 4. The Kier molecular flexibility index (Phi) is 5.88. The van der Waals surface area contributed by atoms with E-state index in [0.717, 1.165) is 12.8 Å². The Hall–Kier alpha value is -1.33. The molecule has 0 bridgehead atoms. The predicted molar refractivity (Wildman–Crippen MR) is 69.1 cm³/mol. The summed E-state index contributed by atoms with van der Waals surface area (Å²) in [7, 11) is 3.75. The van der Waals surface area contributed by atoms with Crippen LogP contribution in [0, 0.1) is 0 Å². The lowest BCUT2D eigenvalue weighted by atomic mass is 10.1. The fraction of sp³-hybridized carbons (Fsp3) is 0.615. The molecule has 2 unspecified atom stereocenters. The van der Waals surface area contributed by atoms with E-state index in [1.54, 1.807) is 12.1 Å². The van der Waals surface area contributed by atoms with Gasteiger partial charge in [-0.1, -0.05) is 13.3 Å². The van der Waals surface area contributed by atoms with Crippen LogP contribution in [0.2, 0.25) is 0 Å². The Morgan fingerprint density at radius 2 is 2.28 bits per heavy atom. The standard InChI is InChI=1S/C13H22N2O3/c1-4-6-11(15(2)3)13(17)14-10(9-16)12-7-5-8-18-12/h5,7-8,10-11,16H,4,6,9H2,1-3H3,(H,14,17). The number of aliphatic hydroxyl groups excluding tert-OH is 1. The Bertz CT molecular complexity index is 349. The topological polar surface area (TPSA) is 65.7 Å². The third kappa shape index (κ3) is 3.85. The summed E-state index contributed by atoms with van der Waals surface area (Å²) in [4.78, 5) is 14.0. The van der Waals surface area contributed by atoms with Gasteiger partial charge in [0, 0.05) is 0 Å². The van der Waals surface area contributed by atoms with E-state index in [-0.39, 0.29) is 18.6 Å². The molecule has 0 spiro atoms. The van der Waals surface area contributed by atoms with E-state index in [9.17, 15) is 9.90 Å². The van der Waals surface area contributed by atoms with Crippen molar-refractivity contribution in [1.29, 1.82) is 0 Å². The molecule has 0 aliphatic carbocycles. The van der Waals surface area contributed by atoms with Crippen LogP contribution in [0.5, 0.6) is 0 Å². The highest BCUT2D eigenvalue weighted by Crippen LogP contribution is 2.14. The number of carbonyl (C=O) groups excluding carboxylic acids is 1. The van der Waals surface area contributed by atoms with E-state index in [1.807, 2.05) is 25.9 Å². The highest BCUT2D eigenvalue weighted by atomic mass is 16.3. The lowest BCUT2D eigenvalue weighted by Crippen LogP contribution is -2.45. The monoisotopic (exact) mass is 254 g/mol.